The van der Waals surface area contributed by atoms with E-state index < -0.39 is 5.97 Å². The molecule has 1 aromatic carbocycles. The number of fused-ring (bicyclic) bond motifs is 1. The molecule has 2 rings (SSSR count). The molecule has 6 heteroatoms. The van der Waals surface area contributed by atoms with Crippen LogP contribution in [0.5, 0.6) is 0 Å². The molecule has 1 aromatic heterocycles. The van der Waals surface area contributed by atoms with E-state index in [1.165, 1.54) is 11.8 Å². The van der Waals surface area contributed by atoms with E-state index in [-0.39, 0.29) is 11.9 Å². The van der Waals surface area contributed by atoms with Gasteiger partial charge in [-0.05, 0) is 32.4 Å². The van der Waals surface area contributed by atoms with Crippen molar-refractivity contribution in [2.45, 2.75) is 38.6 Å². The molecule has 114 valence electrons. The Kier molecular flexibility index (Phi) is 5.25. The van der Waals surface area contributed by atoms with Gasteiger partial charge in [-0.15, -0.1) is 0 Å². The number of ether oxygens (including phenoxy) is 1. The lowest BCUT2D eigenvalue weighted by molar-refractivity contribution is -0.133. The number of carboxylic acids is 1. The van der Waals surface area contributed by atoms with Gasteiger partial charge >= 0.3 is 5.97 Å². The van der Waals surface area contributed by atoms with Crippen molar-refractivity contribution in [2.24, 2.45) is 0 Å². The van der Waals surface area contributed by atoms with Gasteiger partial charge in [-0.3, -0.25) is 4.79 Å². The molecule has 2 aromatic rings. The topological polar surface area (TPSA) is 64.3 Å². The lowest BCUT2D eigenvalue weighted by Gasteiger charge is -2.15. The van der Waals surface area contributed by atoms with Gasteiger partial charge in [0.15, 0.2) is 5.16 Å². The third-order valence-electron chi connectivity index (χ3n) is 3.16. The van der Waals surface area contributed by atoms with Crippen molar-refractivity contribution < 1.29 is 14.6 Å². The highest BCUT2D eigenvalue weighted by Gasteiger charge is 2.16. The number of nitrogens with zero attached hydrogens (tertiary/aromatic N) is 2. The van der Waals surface area contributed by atoms with Crippen LogP contribution in [0.25, 0.3) is 11.0 Å². The Morgan fingerprint density at radius 1 is 1.52 bits per heavy atom. The lowest BCUT2D eigenvalue weighted by atomic mass is 10.2. The van der Waals surface area contributed by atoms with Crippen LogP contribution in [0, 0.1) is 6.92 Å². The molecule has 0 spiro atoms. The van der Waals surface area contributed by atoms with E-state index in [2.05, 4.69) is 9.55 Å². The van der Waals surface area contributed by atoms with Crippen molar-refractivity contribution in [2.75, 3.05) is 12.4 Å². The summed E-state index contributed by atoms with van der Waals surface area (Å²) in [5.41, 5.74) is 3.04. The molecular weight excluding hydrogens is 288 g/mol. The second-order valence-electron chi connectivity index (χ2n) is 4.90. The van der Waals surface area contributed by atoms with Crippen molar-refractivity contribution >= 4 is 28.8 Å². The standard InChI is InChI=1S/C15H20N2O3S/c1-4-20-11(3)8-17-12-7-5-6-10(2)14(12)16-15(17)21-9-13(18)19/h5-7,11H,4,8-9H2,1-3H3,(H,18,19). The number of para-hydroxylation sites is 1. The molecule has 1 N–H and O–H groups in total. The van der Waals surface area contributed by atoms with Crippen molar-refractivity contribution in [1.82, 2.24) is 9.55 Å². The molecule has 0 fully saturated rings. The van der Waals surface area contributed by atoms with Gasteiger partial charge in [0, 0.05) is 6.61 Å². The third-order valence-corrected chi connectivity index (χ3v) is 4.12. The smallest absolute Gasteiger partial charge is 0.313 e. The number of imidazole rings is 1. The first-order chi connectivity index (χ1) is 10.0. The maximum atomic E-state index is 10.8. The third kappa shape index (κ3) is 3.77. The summed E-state index contributed by atoms with van der Waals surface area (Å²) in [5, 5.41) is 9.61. The van der Waals surface area contributed by atoms with Crippen LogP contribution in [-0.2, 0) is 16.1 Å². The highest BCUT2D eigenvalue weighted by molar-refractivity contribution is 7.99. The molecule has 0 aliphatic carbocycles. The molecule has 1 atom stereocenters. The Bertz CT molecular complexity index is 639. The molecule has 0 bridgehead atoms. The normalized spacial score (nSPS) is 12.7. The van der Waals surface area contributed by atoms with Gasteiger partial charge in [-0.1, -0.05) is 23.9 Å². The van der Waals surface area contributed by atoms with Gasteiger partial charge in [-0.2, -0.15) is 0 Å². The Morgan fingerprint density at radius 3 is 2.95 bits per heavy atom. The summed E-state index contributed by atoms with van der Waals surface area (Å²) in [6.45, 7) is 7.31. The van der Waals surface area contributed by atoms with Gasteiger partial charge in [0.2, 0.25) is 0 Å². The minimum Gasteiger partial charge on any atom is -0.481 e. The molecule has 1 unspecified atom stereocenters. The first-order valence-corrected chi connectivity index (χ1v) is 7.93. The zero-order chi connectivity index (χ0) is 15.4. The summed E-state index contributed by atoms with van der Waals surface area (Å²) in [7, 11) is 0. The Balaban J connectivity index is 2.39. The summed E-state index contributed by atoms with van der Waals surface area (Å²) in [6, 6.07) is 6.02. The van der Waals surface area contributed by atoms with Crippen LogP contribution < -0.4 is 0 Å². The number of aliphatic carboxylic acids is 1. The van der Waals surface area contributed by atoms with E-state index in [4.69, 9.17) is 9.84 Å². The fourth-order valence-corrected chi connectivity index (χ4v) is 3.01. The summed E-state index contributed by atoms with van der Waals surface area (Å²) in [4.78, 5) is 15.4. The van der Waals surface area contributed by atoms with E-state index in [1.807, 2.05) is 39.0 Å². The number of hydrogen-bond donors (Lipinski definition) is 1. The van der Waals surface area contributed by atoms with Crippen LogP contribution >= 0.6 is 11.8 Å². The summed E-state index contributed by atoms with van der Waals surface area (Å²) >= 11 is 1.25. The molecule has 0 saturated heterocycles. The Hall–Kier alpha value is -1.53. The monoisotopic (exact) mass is 308 g/mol. The zero-order valence-corrected chi connectivity index (χ0v) is 13.3. The highest BCUT2D eigenvalue weighted by Crippen LogP contribution is 2.26. The fourth-order valence-electron chi connectivity index (χ4n) is 2.27. The molecule has 0 aliphatic heterocycles. The van der Waals surface area contributed by atoms with Gasteiger partial charge < -0.3 is 14.4 Å². The van der Waals surface area contributed by atoms with Crippen molar-refractivity contribution in [3.63, 3.8) is 0 Å². The van der Waals surface area contributed by atoms with Crippen LogP contribution in [0.2, 0.25) is 0 Å². The van der Waals surface area contributed by atoms with Crippen LogP contribution in [0.15, 0.2) is 23.4 Å². The molecule has 1 heterocycles. The first-order valence-electron chi connectivity index (χ1n) is 6.95. The van der Waals surface area contributed by atoms with Gasteiger partial charge in [0.1, 0.15) is 0 Å². The number of aromatic nitrogens is 2. The van der Waals surface area contributed by atoms with Crippen LogP contribution in [0.1, 0.15) is 19.4 Å². The van der Waals surface area contributed by atoms with E-state index in [9.17, 15) is 4.79 Å². The number of carbonyl (C=O) groups is 1. The lowest BCUT2D eigenvalue weighted by Crippen LogP contribution is -2.17. The highest BCUT2D eigenvalue weighted by atomic mass is 32.2. The second-order valence-corrected chi connectivity index (χ2v) is 5.84. The SMILES string of the molecule is CCOC(C)Cn1c(SCC(=O)O)nc2c(C)cccc21. The number of aryl methyl sites for hydroxylation is 1. The predicted molar refractivity (Wildman–Crippen MR) is 83.9 cm³/mol. The first kappa shape index (κ1) is 15.9. The Morgan fingerprint density at radius 2 is 2.29 bits per heavy atom. The van der Waals surface area contributed by atoms with E-state index in [1.54, 1.807) is 0 Å². The number of carboxylic acid groups (broad SMARTS) is 1. The molecule has 0 amide bonds. The maximum Gasteiger partial charge on any atom is 0.313 e. The molecule has 0 radical (unpaired) electrons. The van der Waals surface area contributed by atoms with Gasteiger partial charge in [0.25, 0.3) is 0 Å². The van der Waals surface area contributed by atoms with Crippen LogP contribution in [0.4, 0.5) is 0 Å². The molecule has 5 nitrogen and oxygen atoms in total. The zero-order valence-electron chi connectivity index (χ0n) is 12.5. The molecule has 0 saturated carbocycles. The van der Waals surface area contributed by atoms with Crippen molar-refractivity contribution in [1.29, 1.82) is 0 Å². The van der Waals surface area contributed by atoms with E-state index in [0.717, 1.165) is 21.8 Å². The molecule has 0 aliphatic rings. The van der Waals surface area contributed by atoms with Crippen molar-refractivity contribution in [3.05, 3.63) is 23.8 Å². The molecular formula is C15H20N2O3S. The maximum absolute atomic E-state index is 10.8. The summed E-state index contributed by atoms with van der Waals surface area (Å²) in [6.07, 6.45) is 0.0529. The minimum absolute atomic E-state index is 0.00534. The van der Waals surface area contributed by atoms with Crippen LogP contribution in [-0.4, -0.2) is 39.1 Å². The average Bonchev–Trinajstić information content (AvgIpc) is 2.76. The van der Waals surface area contributed by atoms with E-state index in [0.29, 0.717) is 13.2 Å². The number of benzene rings is 1. The summed E-state index contributed by atoms with van der Waals surface area (Å²) in [5.74, 6) is -0.834. The number of hydrogen-bond acceptors (Lipinski definition) is 4. The summed E-state index contributed by atoms with van der Waals surface area (Å²) < 4.78 is 7.65. The quantitative estimate of drug-likeness (QED) is 0.797. The van der Waals surface area contributed by atoms with Gasteiger partial charge in [0.05, 0.1) is 29.4 Å². The van der Waals surface area contributed by atoms with Gasteiger partial charge in [-0.25, -0.2) is 4.98 Å². The predicted octanol–water partition coefficient (Wildman–Crippen LogP) is 2.95. The largest absolute Gasteiger partial charge is 0.481 e. The minimum atomic E-state index is -0.840. The fraction of sp³-hybridized carbons (Fsp3) is 0.467. The average molecular weight is 308 g/mol. The van der Waals surface area contributed by atoms with Crippen molar-refractivity contribution in [3.8, 4) is 0 Å². The Labute approximate surface area is 128 Å². The number of rotatable bonds is 7. The molecule has 21 heavy (non-hydrogen) atoms. The second kappa shape index (κ2) is 6.95. The number of thioether (sulfide) groups is 1. The van der Waals surface area contributed by atoms with E-state index >= 15 is 0 Å². The van der Waals surface area contributed by atoms with Crippen LogP contribution in [0.3, 0.4) is 0 Å².